The number of thioether (sulfide) groups is 2. The van der Waals surface area contributed by atoms with Crippen molar-refractivity contribution >= 4 is 46.7 Å². The number of halogens is 2. The highest BCUT2D eigenvalue weighted by molar-refractivity contribution is 8.03. The van der Waals surface area contributed by atoms with E-state index in [2.05, 4.69) is 28.2 Å². The predicted molar refractivity (Wildman–Crippen MR) is 110 cm³/mol. The molecule has 0 bridgehead atoms. The Balaban J connectivity index is 1.86. The van der Waals surface area contributed by atoms with E-state index >= 15 is 0 Å². The molecular formula is C18H24Cl2N2S2. The van der Waals surface area contributed by atoms with E-state index in [1.807, 2.05) is 48.7 Å². The second-order valence-corrected chi connectivity index (χ2v) is 9.01. The van der Waals surface area contributed by atoms with Crippen molar-refractivity contribution in [2.45, 2.75) is 49.3 Å². The minimum absolute atomic E-state index is 0.539. The predicted octanol–water partition coefficient (Wildman–Crippen LogP) is 6.66. The Kier molecular flexibility index (Phi) is 9.47. The third-order valence-corrected chi connectivity index (χ3v) is 7.06. The van der Waals surface area contributed by atoms with E-state index in [0.717, 1.165) is 22.2 Å². The molecule has 0 aliphatic carbocycles. The molecule has 1 heterocycles. The summed E-state index contributed by atoms with van der Waals surface area (Å²) in [6, 6.07) is 5.72. The molecule has 132 valence electrons. The fourth-order valence-electron chi connectivity index (χ4n) is 2.34. The lowest BCUT2D eigenvalue weighted by Crippen LogP contribution is -2.15. The maximum atomic E-state index is 6.29. The summed E-state index contributed by atoms with van der Waals surface area (Å²) < 4.78 is 2.16. The van der Waals surface area contributed by atoms with Crippen LogP contribution in [0.3, 0.4) is 0 Å². The summed E-state index contributed by atoms with van der Waals surface area (Å²) in [5.41, 5.74) is 0. The third-order valence-electron chi connectivity index (χ3n) is 3.64. The molecule has 0 radical (unpaired) electrons. The van der Waals surface area contributed by atoms with E-state index in [4.69, 9.17) is 23.2 Å². The zero-order chi connectivity index (χ0) is 17.2. The van der Waals surface area contributed by atoms with Crippen molar-refractivity contribution in [1.82, 2.24) is 9.55 Å². The first-order valence-corrected chi connectivity index (χ1v) is 11.1. The zero-order valence-corrected chi connectivity index (χ0v) is 17.1. The average molecular weight is 403 g/mol. The first-order valence-electron chi connectivity index (χ1n) is 8.34. The van der Waals surface area contributed by atoms with Gasteiger partial charge in [-0.3, -0.25) is 0 Å². The second kappa shape index (κ2) is 11.3. The standard InChI is InChI=1S/C18H24Cl2N2S2/c1-2-3-4-5-10-23-16(12-22-9-8-21-14-22)13-24-18-7-6-15(19)11-17(18)20/h6-9,11,14,16H,2-5,10,12-13H2,1H3. The van der Waals surface area contributed by atoms with E-state index in [0.29, 0.717) is 10.3 Å². The Morgan fingerprint density at radius 2 is 2.08 bits per heavy atom. The highest BCUT2D eigenvalue weighted by Crippen LogP contribution is 2.32. The van der Waals surface area contributed by atoms with Gasteiger partial charge in [-0.1, -0.05) is 49.4 Å². The lowest BCUT2D eigenvalue weighted by atomic mass is 10.2. The van der Waals surface area contributed by atoms with Crippen LogP contribution in [0.15, 0.2) is 41.8 Å². The normalized spacial score (nSPS) is 12.5. The molecule has 0 aliphatic rings. The van der Waals surface area contributed by atoms with Crippen LogP contribution >= 0.6 is 46.7 Å². The summed E-state index contributed by atoms with van der Waals surface area (Å²) in [6.45, 7) is 3.23. The smallest absolute Gasteiger partial charge is 0.0946 e. The van der Waals surface area contributed by atoms with Gasteiger partial charge < -0.3 is 4.57 Å². The Morgan fingerprint density at radius 1 is 1.21 bits per heavy atom. The fraction of sp³-hybridized carbons (Fsp3) is 0.500. The first kappa shape index (κ1) is 20.0. The van der Waals surface area contributed by atoms with Crippen molar-refractivity contribution in [3.05, 3.63) is 47.0 Å². The summed E-state index contributed by atoms with van der Waals surface area (Å²) in [5, 5.41) is 1.96. The van der Waals surface area contributed by atoms with Crippen molar-refractivity contribution in [3.63, 3.8) is 0 Å². The molecule has 0 amide bonds. The van der Waals surface area contributed by atoms with Gasteiger partial charge in [0.05, 0.1) is 11.3 Å². The van der Waals surface area contributed by atoms with Crippen LogP contribution in [0.1, 0.15) is 32.6 Å². The summed E-state index contributed by atoms with van der Waals surface area (Å²) in [5.74, 6) is 2.24. The van der Waals surface area contributed by atoms with Gasteiger partial charge in [0.15, 0.2) is 0 Å². The average Bonchev–Trinajstić information content (AvgIpc) is 3.06. The van der Waals surface area contributed by atoms with Crippen LogP contribution in [0.5, 0.6) is 0 Å². The van der Waals surface area contributed by atoms with Crippen LogP contribution in [0.25, 0.3) is 0 Å². The Bertz CT molecular complexity index is 591. The molecule has 0 spiro atoms. The second-order valence-electron chi connectivity index (χ2n) is 5.70. The van der Waals surface area contributed by atoms with Crippen LogP contribution in [0, 0.1) is 0 Å². The molecule has 0 aliphatic heterocycles. The highest BCUT2D eigenvalue weighted by Gasteiger charge is 2.12. The molecule has 1 atom stereocenters. The van der Waals surface area contributed by atoms with Gasteiger partial charge in [0, 0.05) is 39.9 Å². The number of hydrogen-bond acceptors (Lipinski definition) is 3. The van der Waals surface area contributed by atoms with Gasteiger partial charge in [-0.05, 0) is 30.4 Å². The quantitative estimate of drug-likeness (QED) is 0.308. The van der Waals surface area contributed by atoms with Crippen LogP contribution in [-0.2, 0) is 6.54 Å². The largest absolute Gasteiger partial charge is 0.336 e. The third kappa shape index (κ3) is 7.30. The molecule has 0 saturated carbocycles. The molecule has 1 unspecified atom stereocenters. The van der Waals surface area contributed by atoms with Crippen molar-refractivity contribution in [3.8, 4) is 0 Å². The van der Waals surface area contributed by atoms with Crippen molar-refractivity contribution in [1.29, 1.82) is 0 Å². The summed E-state index contributed by atoms with van der Waals surface area (Å²) in [6.07, 6.45) is 11.0. The molecule has 0 saturated heterocycles. The number of rotatable bonds is 11. The van der Waals surface area contributed by atoms with E-state index in [-0.39, 0.29) is 0 Å². The van der Waals surface area contributed by atoms with Crippen LogP contribution < -0.4 is 0 Å². The van der Waals surface area contributed by atoms with E-state index in [1.165, 1.54) is 31.4 Å². The number of unbranched alkanes of at least 4 members (excludes halogenated alkanes) is 3. The SMILES string of the molecule is CCCCCCSC(CSc1ccc(Cl)cc1Cl)Cn1ccnc1. The van der Waals surface area contributed by atoms with Crippen LogP contribution in [-0.4, -0.2) is 26.3 Å². The van der Waals surface area contributed by atoms with Crippen LogP contribution in [0.4, 0.5) is 0 Å². The molecular weight excluding hydrogens is 379 g/mol. The minimum Gasteiger partial charge on any atom is -0.336 e. The Morgan fingerprint density at radius 3 is 2.79 bits per heavy atom. The molecule has 1 aromatic heterocycles. The summed E-state index contributed by atoms with van der Waals surface area (Å²) in [4.78, 5) is 5.25. The lowest BCUT2D eigenvalue weighted by molar-refractivity contribution is 0.687. The summed E-state index contributed by atoms with van der Waals surface area (Å²) in [7, 11) is 0. The molecule has 2 aromatic rings. The molecule has 1 aromatic carbocycles. The molecule has 2 nitrogen and oxygen atoms in total. The zero-order valence-electron chi connectivity index (χ0n) is 14.0. The lowest BCUT2D eigenvalue weighted by Gasteiger charge is -2.17. The van der Waals surface area contributed by atoms with Crippen molar-refractivity contribution in [2.75, 3.05) is 11.5 Å². The first-order chi connectivity index (χ1) is 11.7. The number of aromatic nitrogens is 2. The molecule has 0 N–H and O–H groups in total. The Labute approximate surface area is 163 Å². The molecule has 0 fully saturated rings. The van der Waals surface area contributed by atoms with E-state index in [9.17, 15) is 0 Å². The van der Waals surface area contributed by atoms with Gasteiger partial charge in [0.1, 0.15) is 0 Å². The fourth-order valence-corrected chi connectivity index (χ4v) is 5.31. The maximum Gasteiger partial charge on any atom is 0.0946 e. The van der Waals surface area contributed by atoms with Gasteiger partial charge in [0.25, 0.3) is 0 Å². The van der Waals surface area contributed by atoms with Crippen molar-refractivity contribution < 1.29 is 0 Å². The molecule has 24 heavy (non-hydrogen) atoms. The minimum atomic E-state index is 0.539. The van der Waals surface area contributed by atoms with Gasteiger partial charge in [-0.2, -0.15) is 11.8 Å². The van der Waals surface area contributed by atoms with E-state index < -0.39 is 0 Å². The molecule has 2 rings (SSSR count). The van der Waals surface area contributed by atoms with Crippen LogP contribution in [0.2, 0.25) is 10.0 Å². The monoisotopic (exact) mass is 402 g/mol. The van der Waals surface area contributed by atoms with Gasteiger partial charge in [-0.25, -0.2) is 4.98 Å². The summed E-state index contributed by atoms with van der Waals surface area (Å²) >= 11 is 16.1. The maximum absolute atomic E-state index is 6.29. The van der Waals surface area contributed by atoms with Gasteiger partial charge >= 0.3 is 0 Å². The topological polar surface area (TPSA) is 17.8 Å². The number of imidazole rings is 1. The number of benzene rings is 1. The number of hydrogen-bond donors (Lipinski definition) is 0. The van der Waals surface area contributed by atoms with E-state index in [1.54, 1.807) is 0 Å². The van der Waals surface area contributed by atoms with Gasteiger partial charge in [-0.15, -0.1) is 11.8 Å². The Hall–Kier alpha value is -0.290. The highest BCUT2D eigenvalue weighted by atomic mass is 35.5. The van der Waals surface area contributed by atoms with Gasteiger partial charge in [0.2, 0.25) is 0 Å². The molecule has 6 heteroatoms. The van der Waals surface area contributed by atoms with Crippen molar-refractivity contribution in [2.24, 2.45) is 0 Å². The number of nitrogens with zero attached hydrogens (tertiary/aromatic N) is 2.